The van der Waals surface area contributed by atoms with Crippen LogP contribution in [-0.2, 0) is 13.6 Å². The first-order valence-electron chi connectivity index (χ1n) is 12.1. The summed E-state index contributed by atoms with van der Waals surface area (Å²) in [4.78, 5) is 21.9. The van der Waals surface area contributed by atoms with E-state index >= 15 is 0 Å². The number of aromatic nitrogens is 2. The molecule has 0 aliphatic carbocycles. The molecule has 36 heavy (non-hydrogen) atoms. The van der Waals surface area contributed by atoms with Crippen LogP contribution >= 0.6 is 0 Å². The van der Waals surface area contributed by atoms with Crippen LogP contribution in [0.15, 0.2) is 72.8 Å². The second-order valence-corrected chi connectivity index (χ2v) is 9.31. The van der Waals surface area contributed by atoms with Crippen LogP contribution in [0, 0.1) is 5.82 Å². The van der Waals surface area contributed by atoms with Crippen molar-refractivity contribution >= 4 is 23.1 Å². The molecule has 1 atom stereocenters. The van der Waals surface area contributed by atoms with Crippen molar-refractivity contribution in [3.05, 3.63) is 95.3 Å². The molecule has 0 spiro atoms. The second-order valence-electron chi connectivity index (χ2n) is 9.31. The summed E-state index contributed by atoms with van der Waals surface area (Å²) < 4.78 is 15.4. The summed E-state index contributed by atoms with van der Waals surface area (Å²) in [6.45, 7) is 4.43. The number of anilines is 1. The third-order valence-corrected chi connectivity index (χ3v) is 6.99. The minimum Gasteiger partial charge on any atom is -0.465 e. The third kappa shape index (κ3) is 4.82. The Balaban J connectivity index is 1.29. The highest BCUT2D eigenvalue weighted by Crippen LogP contribution is 2.30. The minimum absolute atomic E-state index is 0.0865. The molecule has 186 valence electrons. The molecule has 0 radical (unpaired) electrons. The average molecular weight is 488 g/mol. The molecular weight excluding hydrogens is 457 g/mol. The molecule has 1 unspecified atom stereocenters. The number of fused-ring (bicyclic) bond motifs is 1. The molecule has 8 heteroatoms. The standard InChI is InChI=1S/C28H30FN5O2/c1-31-25-13-8-20(18-24(25)30-27(31)32(2)28(35)36)19-33-14-16-34(17-15-33)26(21-6-4-3-5-7-21)22-9-11-23(29)12-10-22/h3-13,18,26H,14-17,19H2,1-2H3,(H,35,36). The predicted molar refractivity (Wildman–Crippen MR) is 139 cm³/mol. The van der Waals surface area contributed by atoms with Crippen LogP contribution in [0.3, 0.4) is 0 Å². The van der Waals surface area contributed by atoms with E-state index in [1.54, 1.807) is 4.57 Å². The highest BCUT2D eigenvalue weighted by atomic mass is 19.1. The zero-order valence-electron chi connectivity index (χ0n) is 20.5. The van der Waals surface area contributed by atoms with Crippen molar-refractivity contribution in [2.24, 2.45) is 7.05 Å². The van der Waals surface area contributed by atoms with E-state index in [2.05, 4.69) is 45.1 Å². The summed E-state index contributed by atoms with van der Waals surface area (Å²) in [6.07, 6.45) is -1.04. The molecule has 5 rings (SSSR count). The third-order valence-electron chi connectivity index (χ3n) is 6.99. The number of carboxylic acid groups (broad SMARTS) is 1. The SMILES string of the molecule is CN(C(=O)O)c1nc2cc(CN3CCN(C(c4ccccc4)c4ccc(F)cc4)CC3)ccc2n1C. The van der Waals surface area contributed by atoms with Gasteiger partial charge in [0.2, 0.25) is 5.95 Å². The maximum atomic E-state index is 13.6. The molecule has 1 aliphatic heterocycles. The fraction of sp³-hybridized carbons (Fsp3) is 0.286. The maximum Gasteiger partial charge on any atom is 0.413 e. The van der Waals surface area contributed by atoms with Gasteiger partial charge in [0.15, 0.2) is 0 Å². The molecule has 4 aromatic rings. The molecule has 1 aliphatic rings. The Morgan fingerprint density at radius 2 is 1.67 bits per heavy atom. The minimum atomic E-state index is -1.04. The van der Waals surface area contributed by atoms with Gasteiger partial charge in [-0.1, -0.05) is 48.5 Å². The molecule has 2 heterocycles. The normalized spacial score (nSPS) is 15.8. The van der Waals surface area contributed by atoms with Crippen LogP contribution in [0.5, 0.6) is 0 Å². The smallest absolute Gasteiger partial charge is 0.413 e. The number of amides is 1. The van der Waals surface area contributed by atoms with Gasteiger partial charge in [0.05, 0.1) is 17.1 Å². The van der Waals surface area contributed by atoms with Crippen molar-refractivity contribution in [1.82, 2.24) is 19.4 Å². The molecule has 0 saturated carbocycles. The van der Waals surface area contributed by atoms with E-state index in [1.807, 2.05) is 37.4 Å². The first-order valence-corrected chi connectivity index (χ1v) is 12.1. The molecule has 1 fully saturated rings. The van der Waals surface area contributed by atoms with E-state index in [1.165, 1.54) is 24.7 Å². The Morgan fingerprint density at radius 3 is 2.33 bits per heavy atom. The zero-order chi connectivity index (χ0) is 25.2. The highest BCUT2D eigenvalue weighted by Gasteiger charge is 2.26. The van der Waals surface area contributed by atoms with Gasteiger partial charge < -0.3 is 9.67 Å². The van der Waals surface area contributed by atoms with Crippen molar-refractivity contribution in [3.8, 4) is 0 Å². The van der Waals surface area contributed by atoms with Gasteiger partial charge in [-0.05, 0) is 41.0 Å². The zero-order valence-corrected chi connectivity index (χ0v) is 20.5. The average Bonchev–Trinajstić information content (AvgIpc) is 3.22. The molecule has 1 saturated heterocycles. The van der Waals surface area contributed by atoms with Crippen LogP contribution in [0.4, 0.5) is 15.1 Å². The first-order chi connectivity index (χ1) is 17.4. The number of imidazole rings is 1. The lowest BCUT2D eigenvalue weighted by molar-refractivity contribution is 0.105. The number of hydrogen-bond donors (Lipinski definition) is 1. The van der Waals surface area contributed by atoms with Crippen LogP contribution in [0.2, 0.25) is 0 Å². The largest absolute Gasteiger partial charge is 0.465 e. The predicted octanol–water partition coefficient (Wildman–Crippen LogP) is 4.73. The van der Waals surface area contributed by atoms with Gasteiger partial charge in [-0.25, -0.2) is 14.2 Å². The molecule has 1 N–H and O–H groups in total. The Bertz CT molecular complexity index is 1350. The van der Waals surface area contributed by atoms with Gasteiger partial charge in [0, 0.05) is 46.8 Å². The molecule has 1 amide bonds. The van der Waals surface area contributed by atoms with Gasteiger partial charge in [-0.3, -0.25) is 14.7 Å². The summed E-state index contributed by atoms with van der Waals surface area (Å²) in [5, 5.41) is 9.32. The van der Waals surface area contributed by atoms with Gasteiger partial charge >= 0.3 is 6.09 Å². The van der Waals surface area contributed by atoms with Gasteiger partial charge in [-0.2, -0.15) is 0 Å². The van der Waals surface area contributed by atoms with Crippen molar-refractivity contribution in [2.45, 2.75) is 12.6 Å². The van der Waals surface area contributed by atoms with E-state index in [0.717, 1.165) is 59.8 Å². The van der Waals surface area contributed by atoms with Crippen molar-refractivity contribution in [3.63, 3.8) is 0 Å². The van der Waals surface area contributed by atoms with Gasteiger partial charge in [0.25, 0.3) is 0 Å². The number of rotatable bonds is 6. The Kier molecular flexibility index (Phi) is 6.71. The monoisotopic (exact) mass is 487 g/mol. The highest BCUT2D eigenvalue weighted by molar-refractivity contribution is 5.87. The summed E-state index contributed by atoms with van der Waals surface area (Å²) in [7, 11) is 3.33. The number of aryl methyl sites for hydroxylation is 1. The summed E-state index contributed by atoms with van der Waals surface area (Å²) >= 11 is 0. The molecular formula is C28H30FN5O2. The summed E-state index contributed by atoms with van der Waals surface area (Å²) in [5.41, 5.74) is 5.14. The molecule has 3 aromatic carbocycles. The lowest BCUT2D eigenvalue weighted by Gasteiger charge is -2.39. The van der Waals surface area contributed by atoms with Crippen LogP contribution < -0.4 is 4.90 Å². The fourth-order valence-electron chi connectivity index (χ4n) is 5.05. The van der Waals surface area contributed by atoms with Crippen LogP contribution in [0.1, 0.15) is 22.7 Å². The molecule has 7 nitrogen and oxygen atoms in total. The summed E-state index contributed by atoms with van der Waals surface area (Å²) in [5.74, 6) is 0.179. The number of benzene rings is 3. The van der Waals surface area contributed by atoms with E-state index in [9.17, 15) is 14.3 Å². The van der Waals surface area contributed by atoms with Crippen LogP contribution in [-0.4, -0.2) is 63.8 Å². The van der Waals surface area contributed by atoms with E-state index in [4.69, 9.17) is 0 Å². The van der Waals surface area contributed by atoms with Crippen molar-refractivity contribution in [1.29, 1.82) is 0 Å². The van der Waals surface area contributed by atoms with Gasteiger partial charge in [-0.15, -0.1) is 0 Å². The quantitative estimate of drug-likeness (QED) is 0.426. The summed E-state index contributed by atoms with van der Waals surface area (Å²) in [6, 6.07) is 23.5. The number of carbonyl (C=O) groups is 1. The fourth-order valence-corrected chi connectivity index (χ4v) is 5.05. The lowest BCUT2D eigenvalue weighted by Crippen LogP contribution is -2.47. The lowest BCUT2D eigenvalue weighted by atomic mass is 9.96. The maximum absolute atomic E-state index is 13.6. The van der Waals surface area contributed by atoms with E-state index < -0.39 is 6.09 Å². The second kappa shape index (κ2) is 10.1. The Morgan fingerprint density at radius 1 is 1.00 bits per heavy atom. The van der Waals surface area contributed by atoms with Gasteiger partial charge in [0.1, 0.15) is 5.82 Å². The van der Waals surface area contributed by atoms with E-state index in [-0.39, 0.29) is 11.9 Å². The topological polar surface area (TPSA) is 64.8 Å². The van der Waals surface area contributed by atoms with Crippen molar-refractivity contribution in [2.75, 3.05) is 38.1 Å². The van der Waals surface area contributed by atoms with E-state index in [0.29, 0.717) is 5.95 Å². The first kappa shape index (κ1) is 24.0. The Hall–Kier alpha value is -3.75. The Labute approximate surface area is 210 Å². The molecule has 0 bridgehead atoms. The van der Waals surface area contributed by atoms with Crippen LogP contribution in [0.25, 0.3) is 11.0 Å². The van der Waals surface area contributed by atoms with Crippen molar-refractivity contribution < 1.29 is 14.3 Å². The molecule has 1 aromatic heterocycles. The number of piperazine rings is 1. The number of nitrogens with zero attached hydrogens (tertiary/aromatic N) is 5. The number of halogens is 1. The number of hydrogen-bond acceptors (Lipinski definition) is 4.